The molecule has 1 heterocycles. The van der Waals surface area contributed by atoms with Crippen molar-refractivity contribution in [1.29, 1.82) is 0 Å². The minimum Gasteiger partial charge on any atom is -0.314 e. The van der Waals surface area contributed by atoms with E-state index in [9.17, 15) is 4.79 Å². The first-order valence-corrected chi connectivity index (χ1v) is 5.52. The Kier molecular flexibility index (Phi) is 3.16. The number of aryl methyl sites for hydroxylation is 2. The van der Waals surface area contributed by atoms with Gasteiger partial charge in [-0.25, -0.2) is 4.98 Å². The fourth-order valence-corrected chi connectivity index (χ4v) is 1.53. The fourth-order valence-electron chi connectivity index (χ4n) is 1.53. The first kappa shape index (κ1) is 10.4. The van der Waals surface area contributed by atoms with Gasteiger partial charge in [0.1, 0.15) is 0 Å². The predicted octanol–water partition coefficient (Wildman–Crippen LogP) is 0.694. The third-order valence-corrected chi connectivity index (χ3v) is 2.60. The van der Waals surface area contributed by atoms with Crippen LogP contribution in [0.15, 0.2) is 17.2 Å². The Hall–Kier alpha value is -1.16. The van der Waals surface area contributed by atoms with E-state index in [0.29, 0.717) is 0 Å². The van der Waals surface area contributed by atoms with Gasteiger partial charge in [0, 0.05) is 24.3 Å². The van der Waals surface area contributed by atoms with E-state index in [2.05, 4.69) is 10.3 Å². The van der Waals surface area contributed by atoms with E-state index in [0.717, 1.165) is 31.2 Å². The zero-order chi connectivity index (χ0) is 10.7. The molecule has 82 valence electrons. The molecule has 15 heavy (non-hydrogen) atoms. The summed E-state index contributed by atoms with van der Waals surface area (Å²) >= 11 is 0. The number of hydrogen-bond acceptors (Lipinski definition) is 3. The summed E-state index contributed by atoms with van der Waals surface area (Å²) in [7, 11) is 0. The molecule has 1 aromatic rings. The van der Waals surface area contributed by atoms with Crippen LogP contribution < -0.4 is 10.9 Å². The second kappa shape index (κ2) is 4.57. The number of hydrogen-bond donors (Lipinski definition) is 1. The van der Waals surface area contributed by atoms with Gasteiger partial charge in [-0.3, -0.25) is 9.36 Å². The van der Waals surface area contributed by atoms with Crippen LogP contribution in [0.2, 0.25) is 0 Å². The second-order valence-electron chi connectivity index (χ2n) is 4.14. The molecule has 1 fully saturated rings. The molecule has 0 radical (unpaired) electrons. The van der Waals surface area contributed by atoms with E-state index in [-0.39, 0.29) is 5.56 Å². The van der Waals surface area contributed by atoms with Crippen molar-refractivity contribution in [2.24, 2.45) is 0 Å². The molecule has 2 rings (SSSR count). The smallest absolute Gasteiger partial charge is 0.253 e. The summed E-state index contributed by atoms with van der Waals surface area (Å²) in [6, 6.07) is 2.33. The molecule has 0 aliphatic heterocycles. The van der Waals surface area contributed by atoms with Gasteiger partial charge in [-0.15, -0.1) is 0 Å². The summed E-state index contributed by atoms with van der Waals surface area (Å²) in [5.41, 5.74) is 0.835. The summed E-state index contributed by atoms with van der Waals surface area (Å²) in [5.74, 6) is 0. The van der Waals surface area contributed by atoms with Crippen molar-refractivity contribution in [3.05, 3.63) is 28.4 Å². The number of nitrogens with zero attached hydrogens (tertiary/aromatic N) is 2. The van der Waals surface area contributed by atoms with E-state index in [4.69, 9.17) is 0 Å². The molecule has 4 heteroatoms. The Morgan fingerprint density at radius 2 is 2.40 bits per heavy atom. The van der Waals surface area contributed by atoms with E-state index in [1.165, 1.54) is 12.8 Å². The molecule has 0 unspecified atom stereocenters. The highest BCUT2D eigenvalue weighted by atomic mass is 16.1. The van der Waals surface area contributed by atoms with Crippen LogP contribution in [0.3, 0.4) is 0 Å². The van der Waals surface area contributed by atoms with Crippen molar-refractivity contribution < 1.29 is 0 Å². The quantitative estimate of drug-likeness (QED) is 0.723. The minimum atomic E-state index is 0.0499. The van der Waals surface area contributed by atoms with Gasteiger partial charge in [0.15, 0.2) is 0 Å². The molecule has 1 aromatic heterocycles. The summed E-state index contributed by atoms with van der Waals surface area (Å²) in [6.07, 6.45) is 5.24. The monoisotopic (exact) mass is 207 g/mol. The van der Waals surface area contributed by atoms with Crippen LogP contribution in [0.4, 0.5) is 0 Å². The topological polar surface area (TPSA) is 46.9 Å². The van der Waals surface area contributed by atoms with Gasteiger partial charge in [-0.2, -0.15) is 0 Å². The Morgan fingerprint density at radius 1 is 1.60 bits per heavy atom. The van der Waals surface area contributed by atoms with Gasteiger partial charge in [-0.1, -0.05) is 0 Å². The molecule has 0 amide bonds. The first-order chi connectivity index (χ1) is 7.25. The third-order valence-electron chi connectivity index (χ3n) is 2.60. The SMILES string of the molecule is Cc1cc(=O)n(CCCNC2CC2)cn1. The van der Waals surface area contributed by atoms with Crippen molar-refractivity contribution in [2.75, 3.05) is 6.54 Å². The van der Waals surface area contributed by atoms with Gasteiger partial charge in [0.05, 0.1) is 6.33 Å². The van der Waals surface area contributed by atoms with Crippen molar-refractivity contribution >= 4 is 0 Å². The summed E-state index contributed by atoms with van der Waals surface area (Å²) in [5, 5.41) is 3.42. The van der Waals surface area contributed by atoms with Crippen LogP contribution in [-0.2, 0) is 6.54 Å². The maximum absolute atomic E-state index is 11.5. The molecule has 1 N–H and O–H groups in total. The lowest BCUT2D eigenvalue weighted by atomic mass is 10.4. The summed E-state index contributed by atoms with van der Waals surface area (Å²) in [6.45, 7) is 3.58. The Bertz CT molecular complexity index is 382. The Morgan fingerprint density at radius 3 is 3.07 bits per heavy atom. The van der Waals surface area contributed by atoms with Crippen LogP contribution >= 0.6 is 0 Å². The molecule has 4 nitrogen and oxygen atoms in total. The lowest BCUT2D eigenvalue weighted by molar-refractivity contribution is 0.562. The highest BCUT2D eigenvalue weighted by molar-refractivity contribution is 4.95. The van der Waals surface area contributed by atoms with Gasteiger partial charge in [0.2, 0.25) is 0 Å². The molecule has 1 saturated carbocycles. The standard InChI is InChI=1S/C11H17N3O/c1-9-7-11(15)14(8-13-9)6-2-5-12-10-3-4-10/h7-8,10,12H,2-6H2,1H3. The predicted molar refractivity (Wildman–Crippen MR) is 58.9 cm³/mol. The van der Waals surface area contributed by atoms with Crippen molar-refractivity contribution in [2.45, 2.75) is 38.8 Å². The molecule has 0 saturated heterocycles. The normalized spacial score (nSPS) is 15.5. The largest absolute Gasteiger partial charge is 0.314 e. The van der Waals surface area contributed by atoms with Crippen LogP contribution in [0.25, 0.3) is 0 Å². The van der Waals surface area contributed by atoms with Gasteiger partial charge < -0.3 is 5.32 Å². The lowest BCUT2D eigenvalue weighted by Gasteiger charge is -2.05. The van der Waals surface area contributed by atoms with Gasteiger partial charge in [-0.05, 0) is 32.7 Å². The van der Waals surface area contributed by atoms with Gasteiger partial charge in [0.25, 0.3) is 5.56 Å². The maximum Gasteiger partial charge on any atom is 0.253 e. The van der Waals surface area contributed by atoms with Crippen LogP contribution in [0.1, 0.15) is 25.0 Å². The summed E-state index contributed by atoms with van der Waals surface area (Å²) in [4.78, 5) is 15.6. The second-order valence-corrected chi connectivity index (χ2v) is 4.14. The minimum absolute atomic E-state index is 0.0499. The van der Waals surface area contributed by atoms with Crippen LogP contribution in [0, 0.1) is 6.92 Å². The highest BCUT2D eigenvalue weighted by Crippen LogP contribution is 2.18. The third kappa shape index (κ3) is 3.16. The van der Waals surface area contributed by atoms with Crippen LogP contribution in [-0.4, -0.2) is 22.1 Å². The zero-order valence-electron chi connectivity index (χ0n) is 9.07. The Labute approximate surface area is 89.3 Å². The molecule has 1 aliphatic rings. The van der Waals surface area contributed by atoms with Crippen molar-refractivity contribution in [3.63, 3.8) is 0 Å². The number of aromatic nitrogens is 2. The van der Waals surface area contributed by atoms with E-state index >= 15 is 0 Å². The zero-order valence-corrected chi connectivity index (χ0v) is 9.07. The van der Waals surface area contributed by atoms with E-state index < -0.39 is 0 Å². The van der Waals surface area contributed by atoms with E-state index in [1.807, 2.05) is 6.92 Å². The fraction of sp³-hybridized carbons (Fsp3) is 0.636. The maximum atomic E-state index is 11.5. The molecule has 0 spiro atoms. The highest BCUT2D eigenvalue weighted by Gasteiger charge is 2.19. The lowest BCUT2D eigenvalue weighted by Crippen LogP contribution is -2.24. The first-order valence-electron chi connectivity index (χ1n) is 5.52. The molecule has 0 atom stereocenters. The van der Waals surface area contributed by atoms with Crippen LogP contribution in [0.5, 0.6) is 0 Å². The van der Waals surface area contributed by atoms with E-state index in [1.54, 1.807) is 17.0 Å². The van der Waals surface area contributed by atoms with Crippen molar-refractivity contribution in [1.82, 2.24) is 14.9 Å². The van der Waals surface area contributed by atoms with Crippen molar-refractivity contribution in [3.8, 4) is 0 Å². The summed E-state index contributed by atoms with van der Waals surface area (Å²) < 4.78 is 1.67. The number of rotatable bonds is 5. The molecule has 0 aromatic carbocycles. The van der Waals surface area contributed by atoms with Gasteiger partial charge >= 0.3 is 0 Å². The molecular weight excluding hydrogens is 190 g/mol. The number of nitrogens with one attached hydrogen (secondary N) is 1. The average Bonchev–Trinajstić information content (AvgIpc) is 2.99. The molecule has 1 aliphatic carbocycles. The molecule has 0 bridgehead atoms. The Balaban J connectivity index is 1.79. The average molecular weight is 207 g/mol. The molecular formula is C11H17N3O.